The third kappa shape index (κ3) is 15.7. The standard InChI is InChI=1S/3C34H27N3.C32H23N3/c1-22-10-4-6-12-26(22)24-16-18-31-28(20-24)29-21-25(27-13-7-5-11-23(27)2)17-19-32(29)37(31)34-35-30-14-8-9-15-33(30)36(34)3;1-22-8-6-10-24(18-22)26-14-16-31-28(20-26)29-21-27(25-11-7-9-23(2)19-25)15-17-32(29)37(31)34-35-30-12-4-5-13-33(30)36(34)3;1-22-8-12-24(13-9-22)26-16-18-31-28(20-26)29-21-27(25-14-10-23(2)11-15-25)17-19-32(29)37(31)34-35-30-6-4-5-7-33(30)36(34)3;1-34-31-15-9-8-14-28(31)33-32(34)35-29-18-16-24(22-10-4-2-5-11-22)20-26(29)27-21-25(17-19-30(27)35)23-12-6-3-7-13-23/h3*4-21H,1-3H3;2-21H,1H3. The van der Waals surface area contributed by atoms with E-state index in [1.54, 1.807) is 0 Å². The second-order valence-electron chi connectivity index (χ2n) is 38.9. The average molecular weight is 1880 g/mol. The second-order valence-corrected chi connectivity index (χ2v) is 38.9. The van der Waals surface area contributed by atoms with Crippen LogP contribution in [-0.4, -0.2) is 56.5 Å². The molecule has 0 bridgehead atoms. The Morgan fingerprint density at radius 3 is 0.596 bits per heavy atom. The Kier molecular flexibility index (Phi) is 22.2. The predicted molar refractivity (Wildman–Crippen MR) is 612 cm³/mol. The summed E-state index contributed by atoms with van der Waals surface area (Å²) in [5, 5.41) is 9.85. The van der Waals surface area contributed by atoms with Crippen LogP contribution in [0.25, 0.3) is 244 Å². The van der Waals surface area contributed by atoms with Gasteiger partial charge < -0.3 is 18.3 Å². The van der Waals surface area contributed by atoms with Crippen LogP contribution >= 0.6 is 0 Å². The molecule has 8 aromatic heterocycles. The lowest BCUT2D eigenvalue weighted by Crippen LogP contribution is -2.03. The Morgan fingerprint density at radius 1 is 0.144 bits per heavy atom. The Morgan fingerprint density at radius 2 is 0.342 bits per heavy atom. The smallest absolute Gasteiger partial charge is 0.215 e. The van der Waals surface area contributed by atoms with Gasteiger partial charge in [0.2, 0.25) is 23.8 Å². The third-order valence-electron chi connectivity index (χ3n) is 29.5. The number of aromatic nitrogens is 12. The van der Waals surface area contributed by atoms with Gasteiger partial charge in [-0.05, 0) is 287 Å². The van der Waals surface area contributed by atoms with Crippen molar-refractivity contribution in [2.45, 2.75) is 41.5 Å². The molecule has 0 fully saturated rings. The zero-order chi connectivity index (χ0) is 98.6. The molecular formula is C134H104N12. The topological polar surface area (TPSA) is 91.0 Å². The van der Waals surface area contributed by atoms with E-state index < -0.39 is 0 Å². The minimum absolute atomic E-state index is 0.922. The van der Waals surface area contributed by atoms with Gasteiger partial charge in [0.1, 0.15) is 0 Å². The monoisotopic (exact) mass is 1880 g/mol. The van der Waals surface area contributed by atoms with Gasteiger partial charge >= 0.3 is 0 Å². The highest BCUT2D eigenvalue weighted by molar-refractivity contribution is 6.16. The molecule has 12 heteroatoms. The van der Waals surface area contributed by atoms with E-state index in [-0.39, 0.29) is 0 Å². The van der Waals surface area contributed by atoms with Crippen molar-refractivity contribution < 1.29 is 0 Å². The summed E-state index contributed by atoms with van der Waals surface area (Å²) in [6, 6.07) is 161. The van der Waals surface area contributed by atoms with Crippen molar-refractivity contribution >= 4 is 131 Å². The van der Waals surface area contributed by atoms with Crippen LogP contribution in [0.2, 0.25) is 0 Å². The number of rotatable bonds is 12. The molecule has 8 heterocycles. The van der Waals surface area contributed by atoms with E-state index in [0.29, 0.717) is 0 Å². The summed E-state index contributed by atoms with van der Waals surface area (Å²) in [6.45, 7) is 12.9. The van der Waals surface area contributed by atoms with Crippen molar-refractivity contribution in [1.29, 1.82) is 0 Å². The number of hydrogen-bond acceptors (Lipinski definition) is 4. The molecule has 20 aromatic carbocycles. The maximum atomic E-state index is 5.07. The van der Waals surface area contributed by atoms with Gasteiger partial charge in [-0.1, -0.05) is 326 Å². The Labute approximate surface area is 846 Å². The number of nitrogens with zero attached hydrogens (tertiary/aromatic N) is 12. The average Bonchev–Trinajstić information content (AvgIpc) is 1.58. The summed E-state index contributed by atoms with van der Waals surface area (Å²) in [5.74, 6) is 3.69. The van der Waals surface area contributed by atoms with Crippen LogP contribution in [-0.2, 0) is 28.2 Å². The molecule has 0 atom stereocenters. The molecule has 0 N–H and O–H groups in total. The Bertz CT molecular complexity index is 9590. The summed E-state index contributed by atoms with van der Waals surface area (Å²) in [7, 11) is 8.40. The number of fused-ring (bicyclic) bond motifs is 16. The number of aryl methyl sites for hydroxylation is 10. The van der Waals surface area contributed by atoms with Crippen molar-refractivity contribution in [2.75, 3.05) is 0 Å². The van der Waals surface area contributed by atoms with Crippen molar-refractivity contribution in [3.05, 3.63) is 482 Å². The third-order valence-corrected chi connectivity index (χ3v) is 29.5. The first-order valence-corrected chi connectivity index (χ1v) is 50.0. The summed E-state index contributed by atoms with van der Waals surface area (Å²) < 4.78 is 18.0. The molecule has 28 aromatic rings. The van der Waals surface area contributed by atoms with Gasteiger partial charge in [-0.15, -0.1) is 0 Å². The molecule has 146 heavy (non-hydrogen) atoms. The van der Waals surface area contributed by atoms with Gasteiger partial charge in [0.05, 0.1) is 88.3 Å². The van der Waals surface area contributed by atoms with Crippen LogP contribution in [0.15, 0.2) is 449 Å². The first-order valence-electron chi connectivity index (χ1n) is 50.0. The van der Waals surface area contributed by atoms with E-state index >= 15 is 0 Å². The predicted octanol–water partition coefficient (Wildman–Crippen LogP) is 33.9. The molecule has 0 saturated carbocycles. The second kappa shape index (κ2) is 36.5. The maximum absolute atomic E-state index is 5.07. The zero-order valence-electron chi connectivity index (χ0n) is 83.1. The van der Waals surface area contributed by atoms with Gasteiger partial charge in [0, 0.05) is 71.3 Å². The van der Waals surface area contributed by atoms with Gasteiger partial charge in [-0.3, -0.25) is 18.3 Å². The van der Waals surface area contributed by atoms with Crippen LogP contribution in [0.5, 0.6) is 0 Å². The van der Waals surface area contributed by atoms with Crippen LogP contribution < -0.4 is 0 Å². The summed E-state index contributed by atoms with van der Waals surface area (Å²) in [4.78, 5) is 20.2. The number of benzene rings is 20. The summed E-state index contributed by atoms with van der Waals surface area (Å²) >= 11 is 0. The quantitative estimate of drug-likeness (QED) is 0.122. The van der Waals surface area contributed by atoms with Crippen molar-refractivity contribution in [3.8, 4) is 113 Å². The SMILES string of the molecule is Cc1ccc(-c2ccc3c(c2)c2cc(-c4ccc(C)cc4)ccc2n3-c2nc3ccccc3n2C)cc1.Cc1cccc(-c2ccc3c(c2)c2cc(-c4cccc(C)c4)ccc2n3-c2nc3ccccc3n2C)c1.Cc1ccccc1-c1ccc2c(c1)c1cc(-c3ccccc3C)ccc1n2-c1nc2ccccc2n1C.Cn1c(-n2c3ccc(-c4ccccc4)cc3c3cc(-c4ccccc4)ccc32)nc2ccccc21. The largest absolute Gasteiger partial charge is 0.313 e. The minimum atomic E-state index is 0.922. The summed E-state index contributed by atoms with van der Waals surface area (Å²) in [5.41, 5.74) is 45.1. The zero-order valence-corrected chi connectivity index (χ0v) is 83.1. The molecule has 0 aliphatic rings. The van der Waals surface area contributed by atoms with E-state index in [1.165, 1.54) is 165 Å². The van der Waals surface area contributed by atoms with E-state index in [4.69, 9.17) is 19.9 Å². The van der Waals surface area contributed by atoms with Crippen LogP contribution in [0.3, 0.4) is 0 Å². The molecule has 0 unspecified atom stereocenters. The molecule has 0 aliphatic carbocycles. The Balaban J connectivity index is 0.000000102. The number of imidazole rings is 4. The van der Waals surface area contributed by atoms with E-state index in [1.807, 2.05) is 24.3 Å². The highest BCUT2D eigenvalue weighted by Crippen LogP contribution is 2.45. The molecule has 0 saturated heterocycles. The number of para-hydroxylation sites is 8. The van der Waals surface area contributed by atoms with E-state index in [9.17, 15) is 0 Å². The van der Waals surface area contributed by atoms with Gasteiger partial charge in [-0.25, -0.2) is 19.9 Å². The number of hydrogen-bond donors (Lipinski definition) is 0. The van der Waals surface area contributed by atoms with Crippen molar-refractivity contribution in [3.63, 3.8) is 0 Å². The molecule has 700 valence electrons. The fourth-order valence-electron chi connectivity index (χ4n) is 21.9. The molecule has 28 rings (SSSR count). The first-order chi connectivity index (χ1) is 71.5. The fraction of sp³-hybridized carbons (Fsp3) is 0.0746. The van der Waals surface area contributed by atoms with Crippen LogP contribution in [0.1, 0.15) is 33.4 Å². The van der Waals surface area contributed by atoms with Crippen LogP contribution in [0.4, 0.5) is 0 Å². The first kappa shape index (κ1) is 88.9. The lowest BCUT2D eigenvalue weighted by Gasteiger charge is -2.09. The van der Waals surface area contributed by atoms with Gasteiger partial charge in [0.15, 0.2) is 0 Å². The Hall–Kier alpha value is -18.5. The van der Waals surface area contributed by atoms with Gasteiger partial charge in [-0.2, -0.15) is 0 Å². The van der Waals surface area contributed by atoms with Crippen molar-refractivity contribution in [1.82, 2.24) is 56.5 Å². The fourth-order valence-corrected chi connectivity index (χ4v) is 21.9. The lowest BCUT2D eigenvalue weighted by molar-refractivity contribution is 0.870. The van der Waals surface area contributed by atoms with Gasteiger partial charge in [0.25, 0.3) is 0 Å². The molecule has 0 radical (unpaired) electrons. The lowest BCUT2D eigenvalue weighted by atomic mass is 9.97. The normalized spacial score (nSPS) is 11.6. The molecular weight excluding hydrogens is 1780 g/mol. The highest BCUT2D eigenvalue weighted by atomic mass is 15.3. The molecule has 12 nitrogen and oxygen atoms in total. The molecule has 0 spiro atoms. The molecule has 0 aliphatic heterocycles. The van der Waals surface area contributed by atoms with E-state index in [0.717, 1.165) is 112 Å². The highest BCUT2D eigenvalue weighted by Gasteiger charge is 2.26. The van der Waals surface area contributed by atoms with E-state index in [2.05, 4.69) is 531 Å². The maximum Gasteiger partial charge on any atom is 0.215 e. The molecule has 0 amide bonds. The van der Waals surface area contributed by atoms with Crippen molar-refractivity contribution in [2.24, 2.45) is 28.2 Å². The van der Waals surface area contributed by atoms with Crippen LogP contribution in [0, 0.1) is 41.5 Å². The minimum Gasteiger partial charge on any atom is -0.313 e. The summed E-state index contributed by atoms with van der Waals surface area (Å²) in [6.07, 6.45) is 0.